The van der Waals surface area contributed by atoms with Crippen molar-refractivity contribution in [3.63, 3.8) is 0 Å². The number of aromatic nitrogens is 1. The third kappa shape index (κ3) is 2.80. The molecule has 0 atom stereocenters. The molecule has 0 spiro atoms. The van der Waals surface area contributed by atoms with Crippen molar-refractivity contribution in [1.82, 2.24) is 10.1 Å². The van der Waals surface area contributed by atoms with Gasteiger partial charge in [-0.3, -0.25) is 5.32 Å². The van der Waals surface area contributed by atoms with E-state index >= 15 is 0 Å². The second-order valence-corrected chi connectivity index (χ2v) is 4.47. The van der Waals surface area contributed by atoms with Crippen molar-refractivity contribution in [3.05, 3.63) is 36.4 Å². The number of nitrogens with one attached hydrogen (secondary N) is 1. The second kappa shape index (κ2) is 5.75. The van der Waals surface area contributed by atoms with Crippen LogP contribution in [0.15, 0.2) is 40.9 Å². The summed E-state index contributed by atoms with van der Waals surface area (Å²) in [7, 11) is 0. The van der Waals surface area contributed by atoms with Crippen LogP contribution in [0.4, 0.5) is 10.6 Å². The third-order valence-electron chi connectivity index (χ3n) is 3.10. The van der Waals surface area contributed by atoms with Gasteiger partial charge in [0, 0.05) is 24.7 Å². The molecule has 1 aliphatic heterocycles. The standard InChI is InChI=1S/C14H15N3O3/c18-14(17-6-8-19-9-7-17)15-13-10-12(20-16-13)11-4-2-1-3-5-11/h1-5,10H,6-9H2,(H,15,16,18). The van der Waals surface area contributed by atoms with Gasteiger partial charge in [0.1, 0.15) is 0 Å². The van der Waals surface area contributed by atoms with Crippen LogP contribution < -0.4 is 5.32 Å². The summed E-state index contributed by atoms with van der Waals surface area (Å²) in [6.07, 6.45) is 0. The van der Waals surface area contributed by atoms with Crippen LogP contribution in [0.2, 0.25) is 0 Å². The van der Waals surface area contributed by atoms with E-state index in [1.165, 1.54) is 0 Å². The summed E-state index contributed by atoms with van der Waals surface area (Å²) in [6, 6.07) is 11.2. The van der Waals surface area contributed by atoms with Crippen molar-refractivity contribution in [1.29, 1.82) is 0 Å². The van der Waals surface area contributed by atoms with Crippen LogP contribution in [0, 0.1) is 0 Å². The smallest absolute Gasteiger partial charge is 0.323 e. The van der Waals surface area contributed by atoms with Gasteiger partial charge in [0.15, 0.2) is 11.6 Å². The van der Waals surface area contributed by atoms with Crippen molar-refractivity contribution in [3.8, 4) is 11.3 Å². The van der Waals surface area contributed by atoms with Gasteiger partial charge >= 0.3 is 6.03 Å². The zero-order chi connectivity index (χ0) is 13.8. The Morgan fingerprint density at radius 2 is 1.95 bits per heavy atom. The fraction of sp³-hybridized carbons (Fsp3) is 0.286. The van der Waals surface area contributed by atoms with Crippen molar-refractivity contribution < 1.29 is 14.1 Å². The number of morpholine rings is 1. The van der Waals surface area contributed by atoms with Crippen LogP contribution >= 0.6 is 0 Å². The SMILES string of the molecule is O=C(Nc1cc(-c2ccccc2)on1)N1CCOCC1. The van der Waals surface area contributed by atoms with E-state index in [0.29, 0.717) is 37.9 Å². The lowest BCUT2D eigenvalue weighted by molar-refractivity contribution is 0.0564. The molecular weight excluding hydrogens is 258 g/mol. The molecule has 0 aliphatic carbocycles. The maximum atomic E-state index is 12.0. The van der Waals surface area contributed by atoms with Crippen molar-refractivity contribution in [2.24, 2.45) is 0 Å². The Morgan fingerprint density at radius 1 is 1.20 bits per heavy atom. The number of carbonyl (C=O) groups excluding carboxylic acids is 1. The summed E-state index contributed by atoms with van der Waals surface area (Å²) in [4.78, 5) is 13.7. The lowest BCUT2D eigenvalue weighted by Crippen LogP contribution is -2.43. The summed E-state index contributed by atoms with van der Waals surface area (Å²) >= 11 is 0. The monoisotopic (exact) mass is 273 g/mol. The summed E-state index contributed by atoms with van der Waals surface area (Å²) < 4.78 is 10.4. The first kappa shape index (κ1) is 12.7. The Bertz CT molecular complexity index is 576. The largest absolute Gasteiger partial charge is 0.378 e. The van der Waals surface area contributed by atoms with E-state index in [4.69, 9.17) is 9.26 Å². The van der Waals surface area contributed by atoms with E-state index in [1.54, 1.807) is 11.0 Å². The minimum Gasteiger partial charge on any atom is -0.378 e. The topological polar surface area (TPSA) is 67.6 Å². The molecule has 1 saturated heterocycles. The number of anilines is 1. The maximum absolute atomic E-state index is 12.0. The second-order valence-electron chi connectivity index (χ2n) is 4.47. The zero-order valence-corrected chi connectivity index (χ0v) is 10.9. The quantitative estimate of drug-likeness (QED) is 0.910. The van der Waals surface area contributed by atoms with Gasteiger partial charge in [0.2, 0.25) is 0 Å². The van der Waals surface area contributed by atoms with Crippen LogP contribution in [-0.4, -0.2) is 42.4 Å². The van der Waals surface area contributed by atoms with Gasteiger partial charge in [-0.2, -0.15) is 0 Å². The van der Waals surface area contributed by atoms with E-state index in [0.717, 1.165) is 5.56 Å². The molecule has 2 aromatic rings. The fourth-order valence-electron chi connectivity index (χ4n) is 2.03. The number of hydrogen-bond acceptors (Lipinski definition) is 4. The van der Waals surface area contributed by atoms with Crippen molar-refractivity contribution >= 4 is 11.8 Å². The highest BCUT2D eigenvalue weighted by Gasteiger charge is 2.18. The summed E-state index contributed by atoms with van der Waals surface area (Å²) in [5.74, 6) is 1.04. The van der Waals surface area contributed by atoms with Crippen LogP contribution in [-0.2, 0) is 4.74 Å². The minimum absolute atomic E-state index is 0.179. The van der Waals surface area contributed by atoms with Gasteiger partial charge in [-0.25, -0.2) is 4.79 Å². The molecule has 0 unspecified atom stereocenters. The molecule has 2 amide bonds. The lowest BCUT2D eigenvalue weighted by Gasteiger charge is -2.26. The number of ether oxygens (including phenoxy) is 1. The molecule has 1 aromatic heterocycles. The summed E-state index contributed by atoms with van der Waals surface area (Å²) in [5, 5.41) is 6.59. The van der Waals surface area contributed by atoms with E-state index in [-0.39, 0.29) is 6.03 Å². The van der Waals surface area contributed by atoms with E-state index in [2.05, 4.69) is 10.5 Å². The molecule has 3 rings (SSSR count). The van der Waals surface area contributed by atoms with Crippen LogP contribution in [0.1, 0.15) is 0 Å². The molecule has 2 heterocycles. The molecule has 1 N–H and O–H groups in total. The Kier molecular flexibility index (Phi) is 3.64. The van der Waals surface area contributed by atoms with E-state index in [9.17, 15) is 4.79 Å². The molecular formula is C14H15N3O3. The average molecular weight is 273 g/mol. The molecule has 104 valence electrons. The Labute approximate surface area is 116 Å². The van der Waals surface area contributed by atoms with Crippen LogP contribution in [0.25, 0.3) is 11.3 Å². The number of urea groups is 1. The number of rotatable bonds is 2. The predicted molar refractivity (Wildman–Crippen MR) is 73.3 cm³/mol. The third-order valence-corrected chi connectivity index (χ3v) is 3.10. The molecule has 1 fully saturated rings. The summed E-state index contributed by atoms with van der Waals surface area (Å²) in [5.41, 5.74) is 0.923. The number of benzene rings is 1. The fourth-order valence-corrected chi connectivity index (χ4v) is 2.03. The van der Waals surface area contributed by atoms with E-state index < -0.39 is 0 Å². The Balaban J connectivity index is 1.66. The highest BCUT2D eigenvalue weighted by atomic mass is 16.5. The molecule has 6 heteroatoms. The van der Waals surface area contributed by atoms with Gasteiger partial charge in [-0.05, 0) is 0 Å². The lowest BCUT2D eigenvalue weighted by atomic mass is 10.2. The van der Waals surface area contributed by atoms with E-state index in [1.807, 2.05) is 30.3 Å². The number of amides is 2. The molecule has 0 bridgehead atoms. The van der Waals surface area contributed by atoms with Gasteiger partial charge in [-0.15, -0.1) is 0 Å². The van der Waals surface area contributed by atoms with Gasteiger partial charge in [-0.1, -0.05) is 35.5 Å². The van der Waals surface area contributed by atoms with Crippen molar-refractivity contribution in [2.45, 2.75) is 0 Å². The molecule has 1 aliphatic rings. The first-order valence-electron chi connectivity index (χ1n) is 6.49. The number of hydrogen-bond donors (Lipinski definition) is 1. The molecule has 0 radical (unpaired) electrons. The highest BCUT2D eigenvalue weighted by Crippen LogP contribution is 2.22. The van der Waals surface area contributed by atoms with Gasteiger partial charge in [0.05, 0.1) is 13.2 Å². The molecule has 20 heavy (non-hydrogen) atoms. The number of carbonyl (C=O) groups is 1. The first-order chi connectivity index (χ1) is 9.83. The average Bonchev–Trinajstić information content (AvgIpc) is 2.97. The Hall–Kier alpha value is -2.34. The van der Waals surface area contributed by atoms with Gasteiger partial charge < -0.3 is 14.2 Å². The minimum atomic E-state index is -0.179. The predicted octanol–water partition coefficient (Wildman–Crippen LogP) is 2.21. The van der Waals surface area contributed by atoms with Crippen LogP contribution in [0.5, 0.6) is 0 Å². The maximum Gasteiger partial charge on any atom is 0.323 e. The van der Waals surface area contributed by atoms with Gasteiger partial charge in [0.25, 0.3) is 0 Å². The number of nitrogens with zero attached hydrogens (tertiary/aromatic N) is 2. The van der Waals surface area contributed by atoms with Crippen LogP contribution in [0.3, 0.4) is 0 Å². The highest BCUT2D eigenvalue weighted by molar-refractivity contribution is 5.88. The van der Waals surface area contributed by atoms with Crippen molar-refractivity contribution in [2.75, 3.05) is 31.6 Å². The normalized spacial score (nSPS) is 15.1. The molecule has 1 aromatic carbocycles. The Morgan fingerprint density at radius 3 is 2.70 bits per heavy atom. The molecule has 0 saturated carbocycles. The molecule has 6 nitrogen and oxygen atoms in total. The zero-order valence-electron chi connectivity index (χ0n) is 10.9. The summed E-state index contributed by atoms with van der Waals surface area (Å²) in [6.45, 7) is 2.33. The first-order valence-corrected chi connectivity index (χ1v) is 6.49.